The van der Waals surface area contributed by atoms with Gasteiger partial charge in [-0.25, -0.2) is 0 Å². The summed E-state index contributed by atoms with van der Waals surface area (Å²) in [4.78, 5) is 35.9. The van der Waals surface area contributed by atoms with Crippen LogP contribution in [-0.4, -0.2) is 23.5 Å². The van der Waals surface area contributed by atoms with Crippen LogP contribution in [0.2, 0.25) is 0 Å². The van der Waals surface area contributed by atoms with E-state index in [1.165, 1.54) is 12.1 Å². The van der Waals surface area contributed by atoms with Gasteiger partial charge in [0, 0.05) is 17.3 Å². The Kier molecular flexibility index (Phi) is 2.85. The maximum Gasteiger partial charge on any atom is 0.416 e. The summed E-state index contributed by atoms with van der Waals surface area (Å²) < 4.78 is 37.9. The van der Waals surface area contributed by atoms with Crippen molar-refractivity contribution in [1.29, 1.82) is 0 Å². The third kappa shape index (κ3) is 1.96. The molecule has 0 bridgehead atoms. The van der Waals surface area contributed by atoms with Crippen molar-refractivity contribution in [3.8, 4) is 0 Å². The van der Waals surface area contributed by atoms with Crippen LogP contribution in [0.5, 0.6) is 0 Å². The van der Waals surface area contributed by atoms with Crippen molar-refractivity contribution in [1.82, 2.24) is 5.32 Å². The first-order valence-corrected chi connectivity index (χ1v) is 7.75. The normalized spacial score (nSPS) is 33.6. The zero-order valence-corrected chi connectivity index (χ0v) is 12.6. The second-order valence-corrected chi connectivity index (χ2v) is 6.95. The van der Waals surface area contributed by atoms with Crippen molar-refractivity contribution in [3.63, 3.8) is 0 Å². The van der Waals surface area contributed by atoms with Crippen LogP contribution in [0.4, 0.5) is 13.2 Å². The molecule has 7 heteroatoms. The van der Waals surface area contributed by atoms with Gasteiger partial charge in [0.25, 0.3) is 0 Å². The van der Waals surface area contributed by atoms with Crippen molar-refractivity contribution < 1.29 is 27.6 Å². The lowest BCUT2D eigenvalue weighted by Gasteiger charge is -2.08. The van der Waals surface area contributed by atoms with Gasteiger partial charge in [0.2, 0.25) is 17.5 Å². The number of halogens is 3. The van der Waals surface area contributed by atoms with Crippen molar-refractivity contribution in [2.45, 2.75) is 43.3 Å². The highest BCUT2D eigenvalue weighted by molar-refractivity contribution is 6.43. The number of Topliss-reactive ketones (excluding diaryl/α,β-unsaturated/α-hetero) is 2. The Morgan fingerprint density at radius 2 is 1.75 bits per heavy atom. The summed E-state index contributed by atoms with van der Waals surface area (Å²) in [5.74, 6) is -1.30. The molecule has 1 unspecified atom stereocenters. The van der Waals surface area contributed by atoms with Gasteiger partial charge in [-0.05, 0) is 37.0 Å². The van der Waals surface area contributed by atoms with Gasteiger partial charge >= 0.3 is 6.18 Å². The molecule has 1 saturated heterocycles. The predicted octanol–water partition coefficient (Wildman–Crippen LogP) is 2.15. The first-order valence-electron chi connectivity index (χ1n) is 7.75. The number of fused-ring (bicyclic) bond motifs is 1. The molecule has 1 heterocycles. The van der Waals surface area contributed by atoms with Crippen molar-refractivity contribution >= 4 is 17.5 Å². The summed E-state index contributed by atoms with van der Waals surface area (Å²) in [6.07, 6.45) is -2.84. The molecule has 4 rings (SSSR count). The van der Waals surface area contributed by atoms with E-state index in [0.717, 1.165) is 12.1 Å². The summed E-state index contributed by atoms with van der Waals surface area (Å²) in [7, 11) is 0. The van der Waals surface area contributed by atoms with Crippen LogP contribution in [0.25, 0.3) is 0 Å². The summed E-state index contributed by atoms with van der Waals surface area (Å²) in [5.41, 5.74) is -1.29. The second-order valence-electron chi connectivity index (χ2n) is 6.95. The van der Waals surface area contributed by atoms with Crippen LogP contribution in [0.3, 0.4) is 0 Å². The Morgan fingerprint density at radius 3 is 2.25 bits per heavy atom. The molecule has 1 aliphatic heterocycles. The lowest BCUT2D eigenvalue weighted by molar-refractivity contribution is -0.139. The van der Waals surface area contributed by atoms with Crippen LogP contribution in [-0.2, 0) is 26.0 Å². The number of nitrogens with one attached hydrogen (secondary N) is 1. The molecule has 1 amide bonds. The van der Waals surface area contributed by atoms with Gasteiger partial charge in [-0.15, -0.1) is 0 Å². The number of rotatable bonds is 4. The summed E-state index contributed by atoms with van der Waals surface area (Å²) >= 11 is 0. The molecule has 0 radical (unpaired) electrons. The van der Waals surface area contributed by atoms with Gasteiger partial charge in [-0.2, -0.15) is 13.2 Å². The van der Waals surface area contributed by atoms with E-state index in [-0.39, 0.29) is 12.3 Å². The molecule has 0 spiro atoms. The van der Waals surface area contributed by atoms with Crippen LogP contribution in [0, 0.1) is 5.41 Å². The molecule has 4 nitrogen and oxygen atoms in total. The van der Waals surface area contributed by atoms with E-state index in [4.69, 9.17) is 0 Å². The largest absolute Gasteiger partial charge is 0.416 e. The van der Waals surface area contributed by atoms with E-state index in [9.17, 15) is 27.6 Å². The fourth-order valence-corrected chi connectivity index (χ4v) is 3.93. The topological polar surface area (TPSA) is 63.2 Å². The molecule has 1 N–H and O–H groups in total. The standard InChI is InChI=1S/C17H14F3NO3/c18-17(19,20)10-3-1-9(2-4-10)15-7-16(15,8-15)14(24)13(23)11-5-6-12(22)21-11/h1-4,11H,5-8H2,(H,21,22). The number of alkyl halides is 3. The monoisotopic (exact) mass is 337 g/mol. The first kappa shape index (κ1) is 15.4. The SMILES string of the molecule is O=C1CCC(C(=O)C(=O)C23CC2(c2ccc(C(F)(F)F)cc2)C3)N1. The lowest BCUT2D eigenvalue weighted by atomic mass is 9.99. The summed E-state index contributed by atoms with van der Waals surface area (Å²) in [6.45, 7) is 0. The molecule has 126 valence electrons. The van der Waals surface area contributed by atoms with Gasteiger partial charge in [0.15, 0.2) is 0 Å². The molecule has 2 saturated carbocycles. The highest BCUT2D eigenvalue weighted by atomic mass is 19.4. The molecule has 3 fully saturated rings. The lowest BCUT2D eigenvalue weighted by Crippen LogP contribution is -2.39. The number of carbonyl (C=O) groups excluding carboxylic acids is 3. The molecular formula is C17H14F3NO3. The Labute approximate surface area is 135 Å². The maximum atomic E-state index is 12.6. The molecule has 1 atom stereocenters. The van der Waals surface area contributed by atoms with E-state index >= 15 is 0 Å². The zero-order valence-electron chi connectivity index (χ0n) is 12.6. The highest BCUT2D eigenvalue weighted by Crippen LogP contribution is 2.86. The third-order valence-electron chi connectivity index (χ3n) is 5.61. The fraction of sp³-hybridized carbons (Fsp3) is 0.471. The molecular weight excluding hydrogens is 323 g/mol. The third-order valence-corrected chi connectivity index (χ3v) is 5.61. The van der Waals surface area contributed by atoms with E-state index < -0.39 is 40.2 Å². The quantitative estimate of drug-likeness (QED) is 0.857. The van der Waals surface area contributed by atoms with Crippen molar-refractivity contribution in [3.05, 3.63) is 35.4 Å². The van der Waals surface area contributed by atoms with Gasteiger partial charge in [-0.3, -0.25) is 14.4 Å². The van der Waals surface area contributed by atoms with Crippen LogP contribution >= 0.6 is 0 Å². The smallest absolute Gasteiger partial charge is 0.346 e. The molecule has 0 aromatic heterocycles. The Balaban J connectivity index is 1.50. The Hall–Kier alpha value is -2.18. The van der Waals surface area contributed by atoms with Crippen LogP contribution in [0.1, 0.15) is 36.8 Å². The minimum atomic E-state index is -4.40. The van der Waals surface area contributed by atoms with Gasteiger partial charge in [0.05, 0.1) is 11.6 Å². The van der Waals surface area contributed by atoms with Crippen molar-refractivity contribution in [2.24, 2.45) is 5.41 Å². The number of amides is 1. The first-order chi connectivity index (χ1) is 11.2. The molecule has 24 heavy (non-hydrogen) atoms. The zero-order chi connectivity index (χ0) is 17.3. The van der Waals surface area contributed by atoms with Crippen LogP contribution < -0.4 is 5.32 Å². The summed E-state index contributed by atoms with van der Waals surface area (Å²) in [5, 5.41) is 2.49. The number of benzene rings is 1. The second kappa shape index (κ2) is 4.46. The van der Waals surface area contributed by atoms with E-state index in [1.807, 2.05) is 0 Å². The fourth-order valence-electron chi connectivity index (χ4n) is 3.93. The predicted molar refractivity (Wildman–Crippen MR) is 76.0 cm³/mol. The number of hydrogen-bond acceptors (Lipinski definition) is 3. The van der Waals surface area contributed by atoms with Gasteiger partial charge in [-0.1, -0.05) is 12.1 Å². The van der Waals surface area contributed by atoms with Gasteiger partial charge < -0.3 is 5.32 Å². The minimum absolute atomic E-state index is 0.237. The number of hydrogen-bond donors (Lipinski definition) is 1. The number of carbonyl (C=O) groups is 3. The minimum Gasteiger partial charge on any atom is -0.346 e. The average Bonchev–Trinajstić information content (AvgIpc) is 3.30. The van der Waals surface area contributed by atoms with E-state index in [1.54, 1.807) is 0 Å². The van der Waals surface area contributed by atoms with E-state index in [2.05, 4.69) is 5.32 Å². The van der Waals surface area contributed by atoms with Crippen LogP contribution in [0.15, 0.2) is 24.3 Å². The molecule has 1 aromatic carbocycles. The van der Waals surface area contributed by atoms with Crippen molar-refractivity contribution in [2.75, 3.05) is 0 Å². The summed E-state index contributed by atoms with van der Waals surface area (Å²) in [6, 6.07) is 4.06. The number of ketones is 2. The van der Waals surface area contributed by atoms with Gasteiger partial charge in [0.1, 0.15) is 0 Å². The average molecular weight is 337 g/mol. The molecule has 3 aliphatic rings. The molecule has 1 aromatic rings. The highest BCUT2D eigenvalue weighted by Gasteiger charge is 2.87. The Bertz CT molecular complexity index is 760. The van der Waals surface area contributed by atoms with E-state index in [0.29, 0.717) is 24.8 Å². The Morgan fingerprint density at radius 1 is 1.12 bits per heavy atom. The molecule has 2 aliphatic carbocycles. The maximum absolute atomic E-state index is 12.6.